The summed E-state index contributed by atoms with van der Waals surface area (Å²) in [4.78, 5) is 0. The molecule has 0 saturated heterocycles. The second-order valence-corrected chi connectivity index (χ2v) is 2.02. The summed E-state index contributed by atoms with van der Waals surface area (Å²) in [5.74, 6) is 0.131. The van der Waals surface area contributed by atoms with Gasteiger partial charge in [0, 0.05) is 0 Å². The van der Waals surface area contributed by atoms with Crippen LogP contribution in [0.4, 0.5) is 0 Å². The third-order valence-corrected chi connectivity index (χ3v) is 1.27. The molecule has 0 spiro atoms. The summed E-state index contributed by atoms with van der Waals surface area (Å²) in [5, 5.41) is 8.96. The van der Waals surface area contributed by atoms with Gasteiger partial charge in [0.05, 0.1) is 4.51 Å². The van der Waals surface area contributed by atoms with Gasteiger partial charge in [0.2, 0.25) is 0 Å². The fourth-order valence-corrected chi connectivity index (χ4v) is 0.610. The van der Waals surface area contributed by atoms with Crippen molar-refractivity contribution in [2.75, 3.05) is 0 Å². The maximum Gasteiger partial charge on any atom is 0.133 e. The molecule has 0 unspecified atom stereocenters. The van der Waals surface area contributed by atoms with Crippen LogP contribution in [0, 0.1) is 10.6 Å². The normalized spacial score (nSPS) is 8.89. The molecule has 0 saturated carbocycles. The molecule has 1 nitrogen and oxygen atoms in total. The molecular weight excluding hydrogens is 132 g/mol. The summed E-state index contributed by atoms with van der Waals surface area (Å²) < 4.78 is 0.455. The molecule has 0 heterocycles. The predicted octanol–water partition coefficient (Wildman–Crippen LogP) is 1.92. The highest BCUT2D eigenvalue weighted by atomic mass is 32.1. The number of rotatable bonds is 0. The lowest BCUT2D eigenvalue weighted by Gasteiger charge is -1.77. The molecule has 0 aliphatic carbocycles. The Balaban J connectivity index is 3.42. The summed E-state index contributed by atoms with van der Waals surface area (Å²) in [6.45, 7) is 0. The minimum atomic E-state index is 0.131. The fraction of sp³-hybridized carbons (Fsp3) is 0. The van der Waals surface area contributed by atoms with Crippen molar-refractivity contribution in [3.8, 4) is 5.75 Å². The first-order chi connectivity index (χ1) is 4.30. The summed E-state index contributed by atoms with van der Waals surface area (Å²) >= 11 is 4.75. The summed E-state index contributed by atoms with van der Waals surface area (Å²) in [7, 11) is 0. The monoisotopic (exact) mass is 137 g/mol. The highest BCUT2D eigenvalue weighted by Gasteiger charge is 1.82. The molecule has 1 radical (unpaired) electrons. The van der Waals surface area contributed by atoms with Gasteiger partial charge in [-0.2, -0.15) is 0 Å². The van der Waals surface area contributed by atoms with Crippen LogP contribution >= 0.6 is 12.2 Å². The zero-order valence-corrected chi connectivity index (χ0v) is 5.48. The maximum atomic E-state index is 8.96. The SMILES string of the molecule is Oc1cc[c]ccc1=S. The van der Waals surface area contributed by atoms with E-state index in [2.05, 4.69) is 6.07 Å². The first-order valence-electron chi connectivity index (χ1n) is 2.50. The molecule has 0 bridgehead atoms. The molecule has 0 atom stereocenters. The molecule has 9 heavy (non-hydrogen) atoms. The van der Waals surface area contributed by atoms with Crippen molar-refractivity contribution < 1.29 is 5.11 Å². The van der Waals surface area contributed by atoms with Crippen LogP contribution in [0.15, 0.2) is 24.3 Å². The first-order valence-corrected chi connectivity index (χ1v) is 2.91. The van der Waals surface area contributed by atoms with E-state index in [1.54, 1.807) is 18.2 Å². The molecule has 1 aromatic carbocycles. The smallest absolute Gasteiger partial charge is 0.133 e. The van der Waals surface area contributed by atoms with Gasteiger partial charge in [0.25, 0.3) is 0 Å². The topological polar surface area (TPSA) is 20.2 Å². The van der Waals surface area contributed by atoms with Crippen molar-refractivity contribution in [3.63, 3.8) is 0 Å². The zero-order chi connectivity index (χ0) is 6.69. The van der Waals surface area contributed by atoms with Crippen LogP contribution in [-0.4, -0.2) is 5.11 Å². The molecule has 0 aliphatic rings. The Morgan fingerprint density at radius 3 is 2.78 bits per heavy atom. The third-order valence-electron chi connectivity index (χ3n) is 0.921. The fourth-order valence-electron chi connectivity index (χ4n) is 0.474. The standard InChI is InChI=1S/C7H5OS/c8-6-4-2-1-3-5-7(6)9/h2-5H,(H,8,9). The van der Waals surface area contributed by atoms with E-state index in [1.807, 2.05) is 0 Å². The molecule has 1 rings (SSSR count). The molecule has 2 heteroatoms. The van der Waals surface area contributed by atoms with Gasteiger partial charge >= 0.3 is 0 Å². The zero-order valence-electron chi connectivity index (χ0n) is 4.66. The van der Waals surface area contributed by atoms with E-state index in [9.17, 15) is 0 Å². The van der Waals surface area contributed by atoms with Crippen molar-refractivity contribution in [2.45, 2.75) is 0 Å². The Morgan fingerprint density at radius 1 is 1.33 bits per heavy atom. The van der Waals surface area contributed by atoms with E-state index >= 15 is 0 Å². The molecule has 0 amide bonds. The molecule has 1 aromatic rings. The molecule has 0 aromatic heterocycles. The van der Waals surface area contributed by atoms with Gasteiger partial charge < -0.3 is 5.11 Å². The van der Waals surface area contributed by atoms with Crippen molar-refractivity contribution in [1.29, 1.82) is 0 Å². The summed E-state index contributed by atoms with van der Waals surface area (Å²) in [6.07, 6.45) is 0. The number of aromatic hydroxyl groups is 1. The molecule has 1 N–H and O–H groups in total. The Hall–Kier alpha value is -0.890. The van der Waals surface area contributed by atoms with Gasteiger partial charge in [-0.1, -0.05) is 24.4 Å². The maximum absolute atomic E-state index is 8.96. The van der Waals surface area contributed by atoms with Gasteiger partial charge in [-0.25, -0.2) is 0 Å². The lowest BCUT2D eigenvalue weighted by Crippen LogP contribution is -1.53. The lowest BCUT2D eigenvalue weighted by molar-refractivity contribution is 0.474. The van der Waals surface area contributed by atoms with Gasteiger partial charge in [0.15, 0.2) is 0 Å². The van der Waals surface area contributed by atoms with Crippen molar-refractivity contribution >= 4 is 12.2 Å². The second kappa shape index (κ2) is 2.60. The Morgan fingerprint density at radius 2 is 2.00 bits per heavy atom. The third kappa shape index (κ3) is 1.50. The van der Waals surface area contributed by atoms with Gasteiger partial charge in [-0.05, 0) is 18.2 Å². The van der Waals surface area contributed by atoms with E-state index in [0.29, 0.717) is 4.51 Å². The predicted molar refractivity (Wildman–Crippen MR) is 37.8 cm³/mol. The van der Waals surface area contributed by atoms with Gasteiger partial charge in [-0.15, -0.1) is 0 Å². The van der Waals surface area contributed by atoms with Gasteiger partial charge in [0.1, 0.15) is 5.75 Å². The lowest BCUT2D eigenvalue weighted by atomic mass is 10.5. The highest BCUT2D eigenvalue weighted by Crippen LogP contribution is 2.06. The summed E-state index contributed by atoms with van der Waals surface area (Å²) in [6, 6.07) is 9.21. The van der Waals surface area contributed by atoms with Gasteiger partial charge in [-0.3, -0.25) is 0 Å². The Kier molecular flexibility index (Phi) is 1.80. The van der Waals surface area contributed by atoms with E-state index in [4.69, 9.17) is 17.3 Å². The van der Waals surface area contributed by atoms with Crippen LogP contribution in [0.5, 0.6) is 5.75 Å². The van der Waals surface area contributed by atoms with E-state index < -0.39 is 0 Å². The molecular formula is C7H5OS. The summed E-state index contributed by atoms with van der Waals surface area (Å²) in [5.41, 5.74) is 0. The van der Waals surface area contributed by atoms with E-state index in [1.165, 1.54) is 6.07 Å². The van der Waals surface area contributed by atoms with Crippen molar-refractivity contribution in [3.05, 3.63) is 34.8 Å². The van der Waals surface area contributed by atoms with Crippen LogP contribution in [0.1, 0.15) is 0 Å². The van der Waals surface area contributed by atoms with Crippen LogP contribution in [0.3, 0.4) is 0 Å². The quantitative estimate of drug-likeness (QED) is 0.551. The van der Waals surface area contributed by atoms with Crippen LogP contribution in [-0.2, 0) is 0 Å². The van der Waals surface area contributed by atoms with Crippen molar-refractivity contribution in [1.82, 2.24) is 0 Å². The van der Waals surface area contributed by atoms with Crippen molar-refractivity contribution in [2.24, 2.45) is 0 Å². The first kappa shape index (κ1) is 6.23. The van der Waals surface area contributed by atoms with Crippen LogP contribution in [0.25, 0.3) is 0 Å². The number of hydrogen-bond acceptors (Lipinski definition) is 2. The minimum absolute atomic E-state index is 0.131. The molecule has 45 valence electrons. The van der Waals surface area contributed by atoms with Crippen LogP contribution in [0.2, 0.25) is 0 Å². The minimum Gasteiger partial charge on any atom is -0.506 e. The second-order valence-electron chi connectivity index (χ2n) is 1.58. The average molecular weight is 137 g/mol. The van der Waals surface area contributed by atoms with Crippen LogP contribution < -0.4 is 0 Å². The Bertz CT molecular complexity index is 257. The molecule has 0 aliphatic heterocycles. The van der Waals surface area contributed by atoms with E-state index in [-0.39, 0.29) is 5.75 Å². The average Bonchev–Trinajstić information content (AvgIpc) is 1.99. The number of hydrogen-bond donors (Lipinski definition) is 1. The van der Waals surface area contributed by atoms with E-state index in [0.717, 1.165) is 0 Å². The largest absolute Gasteiger partial charge is 0.506 e. The highest BCUT2D eigenvalue weighted by molar-refractivity contribution is 7.71. The Labute approximate surface area is 58.6 Å². The molecule has 0 fully saturated rings.